The van der Waals surface area contributed by atoms with Gasteiger partial charge >= 0.3 is 0 Å². The van der Waals surface area contributed by atoms with Gasteiger partial charge < -0.3 is 9.47 Å². The number of likely N-dealkylation sites (N-methyl/N-ethyl adjacent to an activating group) is 1. The van der Waals surface area contributed by atoms with E-state index in [1.54, 1.807) is 0 Å². The molecule has 0 saturated carbocycles. The van der Waals surface area contributed by atoms with E-state index in [2.05, 4.69) is 52.3 Å². The molecule has 1 N–H and O–H groups in total. The number of hydrazine groups is 1. The fourth-order valence-corrected chi connectivity index (χ4v) is 1.84. The quantitative estimate of drug-likeness (QED) is 0.771. The summed E-state index contributed by atoms with van der Waals surface area (Å²) in [6.45, 7) is 5.45. The average Bonchev–Trinajstić information content (AvgIpc) is 2.63. The first-order chi connectivity index (χ1) is 7.25. The number of hydrogen-bond acceptors (Lipinski definition) is 3. The van der Waals surface area contributed by atoms with Crippen LogP contribution in [-0.2, 0) is 13.6 Å². The van der Waals surface area contributed by atoms with Crippen LogP contribution < -0.4 is 5.43 Å². The Hall–Kier alpha value is -0.840. The minimum absolute atomic E-state index is 0.924. The summed E-state index contributed by atoms with van der Waals surface area (Å²) >= 11 is 0. The van der Waals surface area contributed by atoms with Crippen LogP contribution in [-0.4, -0.2) is 47.7 Å². The molecule has 0 aliphatic carbocycles. The van der Waals surface area contributed by atoms with E-state index in [0.29, 0.717) is 0 Å². The fourth-order valence-electron chi connectivity index (χ4n) is 1.84. The van der Waals surface area contributed by atoms with Crippen LogP contribution in [0.15, 0.2) is 18.3 Å². The van der Waals surface area contributed by atoms with Gasteiger partial charge in [0, 0.05) is 45.1 Å². The normalized spacial score (nSPS) is 19.6. The van der Waals surface area contributed by atoms with E-state index in [9.17, 15) is 0 Å². The van der Waals surface area contributed by atoms with E-state index in [-0.39, 0.29) is 0 Å². The van der Waals surface area contributed by atoms with Crippen LogP contribution in [0.4, 0.5) is 0 Å². The van der Waals surface area contributed by atoms with Gasteiger partial charge in [-0.25, -0.2) is 10.4 Å². The minimum Gasteiger partial charge on any atom is -0.353 e. The first kappa shape index (κ1) is 10.7. The van der Waals surface area contributed by atoms with Gasteiger partial charge in [-0.3, -0.25) is 0 Å². The predicted molar refractivity (Wildman–Crippen MR) is 61.3 cm³/mol. The number of aromatic nitrogens is 1. The Balaban J connectivity index is 1.77. The van der Waals surface area contributed by atoms with Crippen LogP contribution in [0.2, 0.25) is 0 Å². The van der Waals surface area contributed by atoms with E-state index in [1.165, 1.54) is 5.69 Å². The molecular weight excluding hydrogens is 188 g/mol. The zero-order chi connectivity index (χ0) is 10.7. The smallest absolute Gasteiger partial charge is 0.0506 e. The fraction of sp³-hybridized carbons (Fsp3) is 0.636. The summed E-state index contributed by atoms with van der Waals surface area (Å²) in [5.41, 5.74) is 4.80. The van der Waals surface area contributed by atoms with Gasteiger partial charge in [-0.1, -0.05) is 0 Å². The highest BCUT2D eigenvalue weighted by Gasteiger charge is 2.12. The lowest BCUT2D eigenvalue weighted by atomic mass is 10.4. The van der Waals surface area contributed by atoms with Gasteiger partial charge in [0.15, 0.2) is 0 Å². The summed E-state index contributed by atoms with van der Waals surface area (Å²) in [6.07, 6.45) is 2.08. The Morgan fingerprint density at radius 2 is 1.93 bits per heavy atom. The summed E-state index contributed by atoms with van der Waals surface area (Å²) < 4.78 is 2.16. The highest BCUT2D eigenvalue weighted by Crippen LogP contribution is 2.01. The molecule has 0 amide bonds. The molecule has 0 aromatic carbocycles. The molecule has 0 radical (unpaired) electrons. The maximum Gasteiger partial charge on any atom is 0.0506 e. The monoisotopic (exact) mass is 208 g/mol. The Bertz CT molecular complexity index is 299. The van der Waals surface area contributed by atoms with Crippen molar-refractivity contribution in [3.8, 4) is 0 Å². The lowest BCUT2D eigenvalue weighted by Crippen LogP contribution is -2.50. The lowest BCUT2D eigenvalue weighted by molar-refractivity contribution is 0.101. The van der Waals surface area contributed by atoms with Crippen molar-refractivity contribution in [2.75, 3.05) is 33.2 Å². The first-order valence-electron chi connectivity index (χ1n) is 5.53. The molecule has 1 aromatic rings. The summed E-state index contributed by atoms with van der Waals surface area (Å²) in [5, 5.41) is 2.31. The Morgan fingerprint density at radius 1 is 1.20 bits per heavy atom. The molecule has 0 spiro atoms. The number of nitrogens with zero attached hydrogens (tertiary/aromatic N) is 3. The predicted octanol–water partition coefficient (Wildman–Crippen LogP) is 0.277. The zero-order valence-electron chi connectivity index (χ0n) is 9.61. The van der Waals surface area contributed by atoms with Gasteiger partial charge in [0.2, 0.25) is 0 Å². The van der Waals surface area contributed by atoms with Crippen molar-refractivity contribution >= 4 is 0 Å². The second kappa shape index (κ2) is 4.79. The molecule has 84 valence electrons. The molecule has 0 bridgehead atoms. The molecule has 1 aliphatic rings. The van der Waals surface area contributed by atoms with Crippen molar-refractivity contribution in [1.82, 2.24) is 19.9 Å². The summed E-state index contributed by atoms with van der Waals surface area (Å²) in [4.78, 5) is 2.36. The van der Waals surface area contributed by atoms with Crippen LogP contribution >= 0.6 is 0 Å². The van der Waals surface area contributed by atoms with Gasteiger partial charge in [-0.2, -0.15) is 0 Å². The Kier molecular flexibility index (Phi) is 3.41. The third kappa shape index (κ3) is 2.81. The lowest BCUT2D eigenvalue weighted by Gasteiger charge is -2.32. The van der Waals surface area contributed by atoms with E-state index in [4.69, 9.17) is 0 Å². The van der Waals surface area contributed by atoms with Crippen LogP contribution in [0.25, 0.3) is 0 Å². The first-order valence-corrected chi connectivity index (χ1v) is 5.53. The minimum atomic E-state index is 0.924. The molecule has 4 heteroatoms. The van der Waals surface area contributed by atoms with E-state index in [1.807, 2.05) is 0 Å². The molecule has 1 saturated heterocycles. The topological polar surface area (TPSA) is 23.4 Å². The Morgan fingerprint density at radius 3 is 2.53 bits per heavy atom. The van der Waals surface area contributed by atoms with Crippen LogP contribution in [0.5, 0.6) is 0 Å². The summed E-state index contributed by atoms with van der Waals surface area (Å²) in [7, 11) is 4.26. The van der Waals surface area contributed by atoms with Crippen molar-refractivity contribution in [3.05, 3.63) is 24.0 Å². The molecule has 1 aliphatic heterocycles. The number of nitrogens with one attached hydrogen (secondary N) is 1. The molecule has 2 heterocycles. The SMILES string of the molecule is CN1CCN(NCc2cccn2C)CC1. The van der Waals surface area contributed by atoms with Crippen LogP contribution in [0.3, 0.4) is 0 Å². The van der Waals surface area contributed by atoms with Crippen LogP contribution in [0.1, 0.15) is 5.69 Å². The maximum absolute atomic E-state index is 3.47. The molecule has 15 heavy (non-hydrogen) atoms. The standard InChI is InChI=1S/C11H20N4/c1-13-6-8-15(9-7-13)12-10-11-4-3-5-14(11)2/h3-5,12H,6-10H2,1-2H3. The van der Waals surface area contributed by atoms with Gasteiger partial charge in [0.1, 0.15) is 0 Å². The van der Waals surface area contributed by atoms with Gasteiger partial charge in [-0.15, -0.1) is 0 Å². The van der Waals surface area contributed by atoms with E-state index < -0.39 is 0 Å². The number of piperazine rings is 1. The summed E-state index contributed by atoms with van der Waals surface area (Å²) in [6, 6.07) is 4.24. The second-order valence-corrected chi connectivity index (χ2v) is 4.24. The van der Waals surface area contributed by atoms with Crippen molar-refractivity contribution in [1.29, 1.82) is 0 Å². The Labute approximate surface area is 91.4 Å². The highest BCUT2D eigenvalue weighted by molar-refractivity contribution is 5.05. The molecule has 0 unspecified atom stereocenters. The summed E-state index contributed by atoms with van der Waals surface area (Å²) in [5.74, 6) is 0. The van der Waals surface area contributed by atoms with Gasteiger partial charge in [-0.05, 0) is 19.2 Å². The van der Waals surface area contributed by atoms with E-state index >= 15 is 0 Å². The van der Waals surface area contributed by atoms with Crippen molar-refractivity contribution in [3.63, 3.8) is 0 Å². The highest BCUT2D eigenvalue weighted by atomic mass is 15.5. The third-order valence-electron chi connectivity index (χ3n) is 3.04. The second-order valence-electron chi connectivity index (χ2n) is 4.24. The van der Waals surface area contributed by atoms with Crippen LogP contribution in [0, 0.1) is 0 Å². The molecule has 1 fully saturated rings. The number of hydrogen-bond donors (Lipinski definition) is 1. The number of aryl methyl sites for hydroxylation is 1. The molecule has 2 rings (SSSR count). The molecular formula is C11H20N4. The van der Waals surface area contributed by atoms with Crippen molar-refractivity contribution in [2.24, 2.45) is 7.05 Å². The van der Waals surface area contributed by atoms with Gasteiger partial charge in [0.25, 0.3) is 0 Å². The zero-order valence-corrected chi connectivity index (χ0v) is 9.61. The maximum atomic E-state index is 3.47. The third-order valence-corrected chi connectivity index (χ3v) is 3.04. The largest absolute Gasteiger partial charge is 0.353 e. The molecule has 1 aromatic heterocycles. The molecule has 4 nitrogen and oxygen atoms in total. The van der Waals surface area contributed by atoms with Crippen molar-refractivity contribution in [2.45, 2.75) is 6.54 Å². The average molecular weight is 208 g/mol. The van der Waals surface area contributed by atoms with Gasteiger partial charge in [0.05, 0.1) is 6.54 Å². The molecule has 0 atom stereocenters. The van der Waals surface area contributed by atoms with E-state index in [0.717, 1.165) is 32.7 Å². The number of rotatable bonds is 3. The van der Waals surface area contributed by atoms with Crippen molar-refractivity contribution < 1.29 is 0 Å².